The van der Waals surface area contributed by atoms with E-state index >= 15 is 0 Å². The Morgan fingerprint density at radius 3 is 2.54 bits per heavy atom. The van der Waals surface area contributed by atoms with E-state index in [4.69, 9.17) is 5.11 Å². The molecule has 0 aliphatic carbocycles. The van der Waals surface area contributed by atoms with E-state index < -0.39 is 0 Å². The summed E-state index contributed by atoms with van der Waals surface area (Å²) in [6.07, 6.45) is 7.89. The van der Waals surface area contributed by atoms with E-state index in [1.807, 2.05) is 28.8 Å². The molecule has 1 aliphatic heterocycles. The van der Waals surface area contributed by atoms with Crippen LogP contribution in [0, 0.1) is 0 Å². The van der Waals surface area contributed by atoms with Gasteiger partial charge in [-0.1, -0.05) is 31.4 Å². The number of imidazole rings is 1. The molecule has 24 heavy (non-hydrogen) atoms. The molecule has 132 valence electrons. The van der Waals surface area contributed by atoms with E-state index in [9.17, 15) is 4.79 Å². The summed E-state index contributed by atoms with van der Waals surface area (Å²) in [6.45, 7) is 3.63. The highest BCUT2D eigenvalue weighted by molar-refractivity contribution is 5.75. The number of para-hydroxylation sites is 2. The van der Waals surface area contributed by atoms with Crippen LogP contribution in [0.2, 0.25) is 0 Å². The summed E-state index contributed by atoms with van der Waals surface area (Å²) in [4.78, 5) is 17.8. The third kappa shape index (κ3) is 4.08. The smallest absolute Gasteiger partial charge is 0.326 e. The van der Waals surface area contributed by atoms with E-state index in [2.05, 4.69) is 9.88 Å². The van der Waals surface area contributed by atoms with Gasteiger partial charge in [0, 0.05) is 25.7 Å². The van der Waals surface area contributed by atoms with Crippen molar-refractivity contribution in [2.24, 2.45) is 0 Å². The van der Waals surface area contributed by atoms with Crippen LogP contribution in [0.25, 0.3) is 11.0 Å². The van der Waals surface area contributed by atoms with Crippen LogP contribution in [0.4, 0.5) is 0 Å². The number of aliphatic hydroxyl groups is 1. The molecule has 0 bridgehead atoms. The van der Waals surface area contributed by atoms with Gasteiger partial charge in [-0.15, -0.1) is 0 Å². The molecule has 0 saturated carbocycles. The Morgan fingerprint density at radius 2 is 1.75 bits per heavy atom. The number of benzene rings is 1. The monoisotopic (exact) mass is 331 g/mol. The Kier molecular flexibility index (Phi) is 6.10. The van der Waals surface area contributed by atoms with Crippen molar-refractivity contribution >= 4 is 11.0 Å². The molecule has 2 N–H and O–H groups in total. The average molecular weight is 331 g/mol. The Labute approximate surface area is 143 Å². The molecule has 0 spiro atoms. The lowest BCUT2D eigenvalue weighted by molar-refractivity contribution is 0.183. The Morgan fingerprint density at radius 1 is 1.04 bits per heavy atom. The second-order valence-corrected chi connectivity index (χ2v) is 6.88. The first-order valence-corrected chi connectivity index (χ1v) is 9.32. The fraction of sp³-hybridized carbons (Fsp3) is 0.632. The summed E-state index contributed by atoms with van der Waals surface area (Å²) >= 11 is 0. The van der Waals surface area contributed by atoms with Gasteiger partial charge in [-0.2, -0.15) is 0 Å². The zero-order valence-electron chi connectivity index (χ0n) is 14.4. The number of nitrogens with zero attached hydrogens (tertiary/aromatic N) is 2. The molecule has 1 fully saturated rings. The van der Waals surface area contributed by atoms with Gasteiger partial charge in [-0.05, 0) is 44.4 Å². The molecule has 0 atom stereocenters. The minimum atomic E-state index is 0.0264. The number of aromatic nitrogens is 2. The first-order valence-electron chi connectivity index (χ1n) is 9.32. The molecule has 0 unspecified atom stereocenters. The van der Waals surface area contributed by atoms with Crippen LogP contribution in [-0.4, -0.2) is 45.8 Å². The number of aromatic amines is 1. The lowest BCUT2D eigenvalue weighted by Crippen LogP contribution is -2.37. The number of unbranched alkanes of at least 4 members (excludes halogenated alkanes) is 4. The zero-order chi connectivity index (χ0) is 16.8. The van der Waals surface area contributed by atoms with E-state index in [1.54, 1.807) is 0 Å². The molecule has 5 nitrogen and oxygen atoms in total. The van der Waals surface area contributed by atoms with Crippen LogP contribution in [-0.2, 0) is 0 Å². The second kappa shape index (κ2) is 8.49. The Hall–Kier alpha value is -1.59. The summed E-state index contributed by atoms with van der Waals surface area (Å²) in [7, 11) is 0. The van der Waals surface area contributed by atoms with Crippen LogP contribution in [0.3, 0.4) is 0 Å². The van der Waals surface area contributed by atoms with Crippen LogP contribution < -0.4 is 5.69 Å². The number of likely N-dealkylation sites (tertiary alicyclic amines) is 1. The summed E-state index contributed by atoms with van der Waals surface area (Å²) in [6, 6.07) is 8.28. The van der Waals surface area contributed by atoms with Gasteiger partial charge in [-0.25, -0.2) is 4.79 Å². The first-order chi connectivity index (χ1) is 11.8. The number of H-pyrrole nitrogens is 1. The Balaban J connectivity index is 1.48. The van der Waals surface area contributed by atoms with Gasteiger partial charge in [0.05, 0.1) is 11.0 Å². The van der Waals surface area contributed by atoms with Gasteiger partial charge in [0.1, 0.15) is 0 Å². The predicted octanol–water partition coefficient (Wildman–Crippen LogP) is 2.91. The quantitative estimate of drug-likeness (QED) is 0.731. The molecular weight excluding hydrogens is 302 g/mol. The molecule has 1 aliphatic rings. The summed E-state index contributed by atoms with van der Waals surface area (Å²) < 4.78 is 1.96. The number of aliphatic hydroxyl groups excluding tert-OH is 1. The van der Waals surface area contributed by atoms with Gasteiger partial charge in [0.15, 0.2) is 0 Å². The molecule has 1 aromatic heterocycles. The third-order valence-electron chi connectivity index (χ3n) is 5.18. The fourth-order valence-corrected chi connectivity index (χ4v) is 3.82. The SMILES string of the molecule is O=c1[nH]c2ccccc2n1C1CCN(CCCCCCCO)CC1. The standard InChI is InChI=1S/C19H29N3O2/c23-15-7-3-1-2-6-12-21-13-10-16(11-14-21)22-18-9-5-4-8-17(18)20-19(22)24/h4-5,8-9,16,23H,1-3,6-7,10-15H2,(H,20,24). The van der Waals surface area contributed by atoms with Crippen molar-refractivity contribution in [2.75, 3.05) is 26.2 Å². The van der Waals surface area contributed by atoms with E-state index in [0.29, 0.717) is 12.6 Å². The molecule has 0 radical (unpaired) electrons. The Bertz CT molecular complexity index is 683. The average Bonchev–Trinajstić information content (AvgIpc) is 2.94. The molecular formula is C19H29N3O2. The fourth-order valence-electron chi connectivity index (χ4n) is 3.82. The molecule has 2 heterocycles. The van der Waals surface area contributed by atoms with Gasteiger partial charge in [0.2, 0.25) is 0 Å². The maximum absolute atomic E-state index is 12.3. The highest BCUT2D eigenvalue weighted by Gasteiger charge is 2.23. The highest BCUT2D eigenvalue weighted by Crippen LogP contribution is 2.25. The zero-order valence-corrected chi connectivity index (χ0v) is 14.4. The molecule has 1 aromatic carbocycles. The minimum Gasteiger partial charge on any atom is -0.396 e. The number of hydrogen-bond acceptors (Lipinski definition) is 3. The maximum atomic E-state index is 12.3. The highest BCUT2D eigenvalue weighted by atomic mass is 16.2. The van der Waals surface area contributed by atoms with Crippen molar-refractivity contribution in [1.29, 1.82) is 0 Å². The third-order valence-corrected chi connectivity index (χ3v) is 5.18. The number of piperidine rings is 1. The van der Waals surface area contributed by atoms with Gasteiger partial charge < -0.3 is 15.0 Å². The van der Waals surface area contributed by atoms with Crippen molar-refractivity contribution in [2.45, 2.75) is 51.0 Å². The predicted molar refractivity (Wildman–Crippen MR) is 97.4 cm³/mol. The van der Waals surface area contributed by atoms with Gasteiger partial charge in [-0.3, -0.25) is 4.57 Å². The molecule has 5 heteroatoms. The maximum Gasteiger partial charge on any atom is 0.326 e. The van der Waals surface area contributed by atoms with Crippen LogP contribution in [0.15, 0.2) is 29.1 Å². The number of fused-ring (bicyclic) bond motifs is 1. The van der Waals surface area contributed by atoms with Crippen molar-refractivity contribution in [1.82, 2.24) is 14.5 Å². The second-order valence-electron chi connectivity index (χ2n) is 6.88. The largest absolute Gasteiger partial charge is 0.396 e. The van der Waals surface area contributed by atoms with Gasteiger partial charge >= 0.3 is 5.69 Å². The van der Waals surface area contributed by atoms with Crippen molar-refractivity contribution in [3.63, 3.8) is 0 Å². The normalized spacial score (nSPS) is 16.9. The van der Waals surface area contributed by atoms with E-state index in [1.165, 1.54) is 19.3 Å². The minimum absolute atomic E-state index is 0.0264. The summed E-state index contributed by atoms with van der Waals surface area (Å²) in [5, 5.41) is 8.78. The van der Waals surface area contributed by atoms with Crippen molar-refractivity contribution in [3.8, 4) is 0 Å². The molecule has 3 rings (SSSR count). The van der Waals surface area contributed by atoms with E-state index in [0.717, 1.165) is 56.4 Å². The van der Waals surface area contributed by atoms with E-state index in [-0.39, 0.29) is 5.69 Å². The van der Waals surface area contributed by atoms with Crippen LogP contribution in [0.1, 0.15) is 51.0 Å². The summed E-state index contributed by atoms with van der Waals surface area (Å²) in [5.74, 6) is 0. The number of hydrogen-bond donors (Lipinski definition) is 2. The molecule has 2 aromatic rings. The first kappa shape index (κ1) is 17.2. The molecule has 1 saturated heterocycles. The number of nitrogens with one attached hydrogen (secondary N) is 1. The van der Waals surface area contributed by atoms with Gasteiger partial charge in [0.25, 0.3) is 0 Å². The van der Waals surface area contributed by atoms with Crippen LogP contribution >= 0.6 is 0 Å². The summed E-state index contributed by atoms with van der Waals surface area (Å²) in [5.41, 5.74) is 2.00. The lowest BCUT2D eigenvalue weighted by atomic mass is 10.0. The van der Waals surface area contributed by atoms with Crippen molar-refractivity contribution in [3.05, 3.63) is 34.7 Å². The number of rotatable bonds is 8. The van der Waals surface area contributed by atoms with Crippen LogP contribution in [0.5, 0.6) is 0 Å². The van der Waals surface area contributed by atoms with Crippen molar-refractivity contribution < 1.29 is 5.11 Å². The topological polar surface area (TPSA) is 61.3 Å². The lowest BCUT2D eigenvalue weighted by Gasteiger charge is -2.32. The molecule has 0 amide bonds.